The van der Waals surface area contributed by atoms with Crippen LogP contribution in [0, 0.1) is 0 Å². The van der Waals surface area contributed by atoms with Crippen molar-refractivity contribution in [2.75, 3.05) is 12.4 Å². The van der Waals surface area contributed by atoms with E-state index in [1.54, 1.807) is 17.5 Å². The minimum atomic E-state index is -1.05. The number of benzene rings is 1. The van der Waals surface area contributed by atoms with Gasteiger partial charge in [-0.2, -0.15) is 0 Å². The minimum absolute atomic E-state index is 0.0987. The number of carbonyl (C=O) groups excluding carboxylic acids is 1. The summed E-state index contributed by atoms with van der Waals surface area (Å²) in [6.45, 7) is 0. The van der Waals surface area contributed by atoms with E-state index >= 15 is 0 Å². The number of methoxy groups -OCH3 is 1. The molecule has 2 rings (SSSR count). The van der Waals surface area contributed by atoms with E-state index < -0.39 is 5.97 Å². The number of carbonyl (C=O) groups is 2. The number of carboxylic acids is 1. The molecule has 1 heterocycles. The number of ether oxygens (including phenoxy) is 1. The number of rotatable bonds is 4. The SMILES string of the molecule is COc1ccsc1C(=O)Nc1cc(C(=O)O)ccc1Br. The molecule has 1 aromatic carbocycles. The fraction of sp³-hybridized carbons (Fsp3) is 0.0769. The van der Waals surface area contributed by atoms with E-state index in [2.05, 4.69) is 21.2 Å². The van der Waals surface area contributed by atoms with E-state index in [9.17, 15) is 9.59 Å². The molecular weight excluding hydrogens is 346 g/mol. The summed E-state index contributed by atoms with van der Waals surface area (Å²) in [5, 5.41) is 13.4. The lowest BCUT2D eigenvalue weighted by molar-refractivity contribution is 0.0696. The highest BCUT2D eigenvalue weighted by Crippen LogP contribution is 2.28. The first-order valence-corrected chi connectivity index (χ1v) is 7.16. The van der Waals surface area contributed by atoms with Crippen molar-refractivity contribution >= 4 is 44.8 Å². The fourth-order valence-electron chi connectivity index (χ4n) is 1.56. The van der Waals surface area contributed by atoms with Gasteiger partial charge in [0.2, 0.25) is 0 Å². The summed E-state index contributed by atoms with van der Waals surface area (Å²) in [6, 6.07) is 6.12. The quantitative estimate of drug-likeness (QED) is 0.880. The Morgan fingerprint density at radius 2 is 2.10 bits per heavy atom. The molecular formula is C13H10BrNO4S. The number of nitrogens with one attached hydrogen (secondary N) is 1. The van der Waals surface area contributed by atoms with Crippen molar-refractivity contribution in [3.63, 3.8) is 0 Å². The van der Waals surface area contributed by atoms with Gasteiger partial charge in [0, 0.05) is 4.47 Å². The van der Waals surface area contributed by atoms with Gasteiger partial charge in [-0.3, -0.25) is 4.79 Å². The maximum absolute atomic E-state index is 12.1. The summed E-state index contributed by atoms with van der Waals surface area (Å²) < 4.78 is 5.68. The molecule has 20 heavy (non-hydrogen) atoms. The molecule has 2 aromatic rings. The van der Waals surface area contributed by atoms with Crippen LogP contribution in [0.4, 0.5) is 5.69 Å². The molecule has 0 atom stereocenters. The van der Waals surface area contributed by atoms with Crippen LogP contribution < -0.4 is 10.1 Å². The van der Waals surface area contributed by atoms with Crippen LogP contribution in [0.2, 0.25) is 0 Å². The standard InChI is InChI=1S/C13H10BrNO4S/c1-19-10-4-5-20-11(10)12(16)15-9-6-7(13(17)18)2-3-8(9)14/h2-6H,1H3,(H,15,16)(H,17,18). The van der Waals surface area contributed by atoms with Crippen molar-refractivity contribution in [1.29, 1.82) is 0 Å². The normalized spacial score (nSPS) is 10.1. The number of aromatic carboxylic acids is 1. The second-order valence-corrected chi connectivity index (χ2v) is 5.54. The highest BCUT2D eigenvalue weighted by molar-refractivity contribution is 9.10. The number of anilines is 1. The highest BCUT2D eigenvalue weighted by Gasteiger charge is 2.16. The molecule has 7 heteroatoms. The zero-order chi connectivity index (χ0) is 14.7. The number of halogens is 1. The summed E-state index contributed by atoms with van der Waals surface area (Å²) in [7, 11) is 1.49. The molecule has 0 bridgehead atoms. The molecule has 0 spiro atoms. The van der Waals surface area contributed by atoms with Crippen molar-refractivity contribution < 1.29 is 19.4 Å². The molecule has 104 valence electrons. The van der Waals surface area contributed by atoms with Crippen LogP contribution in [0.15, 0.2) is 34.1 Å². The average molecular weight is 356 g/mol. The lowest BCUT2D eigenvalue weighted by Gasteiger charge is -2.08. The van der Waals surface area contributed by atoms with Crippen LogP contribution >= 0.6 is 27.3 Å². The van der Waals surface area contributed by atoms with Crippen molar-refractivity contribution in [2.45, 2.75) is 0 Å². The predicted molar refractivity (Wildman–Crippen MR) is 79.9 cm³/mol. The molecule has 0 saturated heterocycles. The Hall–Kier alpha value is -1.86. The van der Waals surface area contributed by atoms with E-state index in [1.807, 2.05) is 0 Å². The molecule has 0 saturated carbocycles. The molecule has 0 unspecified atom stereocenters. The highest BCUT2D eigenvalue weighted by atomic mass is 79.9. The number of carboxylic acid groups (broad SMARTS) is 1. The topological polar surface area (TPSA) is 75.6 Å². The Labute approximate surface area is 127 Å². The van der Waals surface area contributed by atoms with Gasteiger partial charge in [0.25, 0.3) is 5.91 Å². The van der Waals surface area contributed by atoms with Crippen molar-refractivity contribution in [1.82, 2.24) is 0 Å². The van der Waals surface area contributed by atoms with Gasteiger partial charge in [0.15, 0.2) is 0 Å². The molecule has 0 fully saturated rings. The van der Waals surface area contributed by atoms with E-state index in [-0.39, 0.29) is 11.5 Å². The minimum Gasteiger partial charge on any atom is -0.495 e. The van der Waals surface area contributed by atoms with Gasteiger partial charge in [-0.25, -0.2) is 4.79 Å². The Kier molecular flexibility index (Phi) is 4.41. The number of hydrogen-bond acceptors (Lipinski definition) is 4. The number of hydrogen-bond donors (Lipinski definition) is 2. The fourth-order valence-corrected chi connectivity index (χ4v) is 2.66. The van der Waals surface area contributed by atoms with E-state index in [4.69, 9.17) is 9.84 Å². The van der Waals surface area contributed by atoms with Crippen LogP contribution in [-0.2, 0) is 0 Å². The summed E-state index contributed by atoms with van der Waals surface area (Å²) in [5.74, 6) is -0.917. The Morgan fingerprint density at radius 3 is 2.75 bits per heavy atom. The average Bonchev–Trinajstić information content (AvgIpc) is 2.89. The van der Waals surface area contributed by atoms with Gasteiger partial charge in [0.05, 0.1) is 18.4 Å². The molecule has 0 aliphatic heterocycles. The lowest BCUT2D eigenvalue weighted by atomic mass is 10.2. The molecule has 2 N–H and O–H groups in total. The summed E-state index contributed by atoms with van der Waals surface area (Å²) in [6.07, 6.45) is 0. The predicted octanol–water partition coefficient (Wildman–Crippen LogP) is 3.47. The van der Waals surface area contributed by atoms with Crippen molar-refractivity contribution in [2.24, 2.45) is 0 Å². The Bertz CT molecular complexity index is 668. The summed E-state index contributed by atoms with van der Waals surface area (Å²) in [4.78, 5) is 23.5. The zero-order valence-electron chi connectivity index (χ0n) is 10.3. The van der Waals surface area contributed by atoms with E-state index in [0.717, 1.165) is 0 Å². The molecule has 0 aliphatic carbocycles. The monoisotopic (exact) mass is 355 g/mol. The van der Waals surface area contributed by atoms with Gasteiger partial charge < -0.3 is 15.2 Å². The molecule has 0 aliphatic rings. The van der Waals surface area contributed by atoms with Gasteiger partial charge in [0.1, 0.15) is 10.6 Å². The van der Waals surface area contributed by atoms with Gasteiger partial charge in [-0.15, -0.1) is 11.3 Å². The van der Waals surface area contributed by atoms with E-state index in [0.29, 0.717) is 20.8 Å². The van der Waals surface area contributed by atoms with Gasteiger partial charge in [-0.05, 0) is 45.6 Å². The number of amides is 1. The van der Waals surface area contributed by atoms with Gasteiger partial charge >= 0.3 is 5.97 Å². The first kappa shape index (κ1) is 14.5. The first-order chi connectivity index (χ1) is 9.52. The second kappa shape index (κ2) is 6.06. The lowest BCUT2D eigenvalue weighted by Crippen LogP contribution is -2.12. The summed E-state index contributed by atoms with van der Waals surface area (Å²) in [5.41, 5.74) is 0.493. The first-order valence-electron chi connectivity index (χ1n) is 5.48. The Balaban J connectivity index is 2.28. The van der Waals surface area contributed by atoms with E-state index in [1.165, 1.54) is 30.6 Å². The van der Waals surface area contributed by atoms with Crippen LogP contribution in [0.25, 0.3) is 0 Å². The van der Waals surface area contributed by atoms with Crippen molar-refractivity contribution in [3.8, 4) is 5.75 Å². The third-order valence-corrected chi connectivity index (χ3v) is 4.10. The van der Waals surface area contributed by atoms with Crippen LogP contribution in [-0.4, -0.2) is 24.1 Å². The van der Waals surface area contributed by atoms with Crippen molar-refractivity contribution in [3.05, 3.63) is 44.6 Å². The molecule has 5 nitrogen and oxygen atoms in total. The molecule has 0 radical (unpaired) electrons. The van der Waals surface area contributed by atoms with Crippen LogP contribution in [0.1, 0.15) is 20.0 Å². The third-order valence-electron chi connectivity index (χ3n) is 2.52. The summed E-state index contributed by atoms with van der Waals surface area (Å²) >= 11 is 4.52. The Morgan fingerprint density at radius 1 is 1.35 bits per heavy atom. The number of thiophene rings is 1. The largest absolute Gasteiger partial charge is 0.495 e. The maximum Gasteiger partial charge on any atom is 0.335 e. The third kappa shape index (κ3) is 3.00. The van der Waals surface area contributed by atoms with Crippen LogP contribution in [0.3, 0.4) is 0 Å². The molecule has 1 aromatic heterocycles. The molecule has 1 amide bonds. The van der Waals surface area contributed by atoms with Gasteiger partial charge in [-0.1, -0.05) is 0 Å². The smallest absolute Gasteiger partial charge is 0.335 e. The van der Waals surface area contributed by atoms with Crippen LogP contribution in [0.5, 0.6) is 5.75 Å². The maximum atomic E-state index is 12.1. The second-order valence-electron chi connectivity index (χ2n) is 3.77. The zero-order valence-corrected chi connectivity index (χ0v) is 12.7.